The molecule has 4 heterocycles. The maximum Gasteiger partial charge on any atom is 0.246 e. The fourth-order valence-corrected chi connectivity index (χ4v) is 5.94. The first kappa shape index (κ1) is 26.8. The minimum Gasteiger partial charge on any atom is -0.436 e. The molecular weight excluding hydrogens is 580 g/mol. The summed E-state index contributed by atoms with van der Waals surface area (Å²) < 4.78 is 5.95. The van der Waals surface area contributed by atoms with E-state index in [1.807, 2.05) is 103 Å². The van der Waals surface area contributed by atoms with Gasteiger partial charge in [0.2, 0.25) is 5.71 Å². The Kier molecular flexibility index (Phi) is 6.31. The lowest BCUT2D eigenvalue weighted by atomic mass is 9.96. The van der Waals surface area contributed by atoms with E-state index < -0.39 is 0 Å². The molecule has 4 aromatic heterocycles. The quantitative estimate of drug-likeness (QED) is 0.193. The van der Waals surface area contributed by atoms with Gasteiger partial charge in [0.25, 0.3) is 0 Å². The largest absolute Gasteiger partial charge is 0.436 e. The van der Waals surface area contributed by atoms with Crippen molar-refractivity contribution in [3.8, 4) is 56.5 Å². The Morgan fingerprint density at radius 3 is 1.87 bits per heavy atom. The van der Waals surface area contributed by atoms with Crippen molar-refractivity contribution in [2.24, 2.45) is 0 Å². The minimum atomic E-state index is 0.512. The van der Waals surface area contributed by atoms with Crippen molar-refractivity contribution in [3.05, 3.63) is 146 Å². The lowest BCUT2D eigenvalue weighted by molar-refractivity contribution is 0.653. The van der Waals surface area contributed by atoms with Gasteiger partial charge in [0.15, 0.2) is 17.5 Å². The minimum absolute atomic E-state index is 0.512. The second kappa shape index (κ2) is 11.1. The molecule has 0 spiro atoms. The second-order valence-electron chi connectivity index (χ2n) is 11.2. The van der Waals surface area contributed by atoms with Crippen LogP contribution in [0.4, 0.5) is 0 Å². The van der Waals surface area contributed by atoms with E-state index in [0.717, 1.165) is 66.5 Å². The van der Waals surface area contributed by atoms with Crippen LogP contribution in [0.1, 0.15) is 0 Å². The number of hydrogen-bond donors (Lipinski definition) is 0. The Morgan fingerprint density at radius 2 is 1.11 bits per heavy atom. The van der Waals surface area contributed by atoms with Gasteiger partial charge in [-0.05, 0) is 47.5 Å². The van der Waals surface area contributed by atoms with Gasteiger partial charge in [0.1, 0.15) is 11.1 Å². The van der Waals surface area contributed by atoms with Gasteiger partial charge in [-0.2, -0.15) is 0 Å². The van der Waals surface area contributed by atoms with Gasteiger partial charge in [0.05, 0.1) is 17.4 Å². The molecule has 0 radical (unpaired) electrons. The standard InChI is InChI=1S/C40H24N6O/c1-3-11-25(12-4-1)37-44-38(26-13-5-2-6-14-26)46-39(45-37)29-16-9-15-27(21-29)30-22-28-17-10-20-41-35(28)32(23-30)33-24-42-40-36(43-33)31-18-7-8-19-34(31)47-40/h1-24H. The van der Waals surface area contributed by atoms with Crippen LogP contribution in [0.3, 0.4) is 0 Å². The predicted octanol–water partition coefficient (Wildman–Crippen LogP) is 9.44. The summed E-state index contributed by atoms with van der Waals surface area (Å²) in [4.78, 5) is 29.2. The van der Waals surface area contributed by atoms with Gasteiger partial charge in [-0.15, -0.1) is 0 Å². The molecule has 0 atom stereocenters. The topological polar surface area (TPSA) is 90.5 Å². The Bertz CT molecular complexity index is 2520. The first-order valence-corrected chi connectivity index (χ1v) is 15.3. The van der Waals surface area contributed by atoms with Crippen LogP contribution in [0.25, 0.3) is 89.7 Å². The van der Waals surface area contributed by atoms with Gasteiger partial charge in [0, 0.05) is 39.2 Å². The number of furan rings is 1. The zero-order valence-corrected chi connectivity index (χ0v) is 24.9. The van der Waals surface area contributed by atoms with E-state index in [9.17, 15) is 0 Å². The lowest BCUT2D eigenvalue weighted by Gasteiger charge is -2.12. The Hall–Kier alpha value is -6.60. The van der Waals surface area contributed by atoms with Gasteiger partial charge in [-0.25, -0.2) is 24.9 Å². The van der Waals surface area contributed by atoms with Crippen LogP contribution in [-0.2, 0) is 0 Å². The predicted molar refractivity (Wildman–Crippen MR) is 185 cm³/mol. The Labute approximate surface area is 269 Å². The summed E-state index contributed by atoms with van der Waals surface area (Å²) in [6, 6.07) is 44.5. The zero-order chi connectivity index (χ0) is 31.2. The molecule has 0 bridgehead atoms. The third kappa shape index (κ3) is 4.87. The van der Waals surface area contributed by atoms with Gasteiger partial charge in [-0.1, -0.05) is 97.1 Å². The lowest BCUT2D eigenvalue weighted by Crippen LogP contribution is -2.00. The number of aromatic nitrogens is 6. The molecule has 9 aromatic rings. The molecule has 0 saturated carbocycles. The average Bonchev–Trinajstić information content (AvgIpc) is 3.53. The van der Waals surface area contributed by atoms with Gasteiger partial charge < -0.3 is 4.42 Å². The highest BCUT2D eigenvalue weighted by Crippen LogP contribution is 2.35. The smallest absolute Gasteiger partial charge is 0.246 e. The maximum atomic E-state index is 5.95. The molecule has 47 heavy (non-hydrogen) atoms. The molecule has 0 amide bonds. The first-order valence-electron chi connectivity index (χ1n) is 15.3. The van der Waals surface area contributed by atoms with E-state index in [4.69, 9.17) is 29.3 Å². The molecule has 7 nitrogen and oxygen atoms in total. The van der Waals surface area contributed by atoms with Crippen LogP contribution in [0.5, 0.6) is 0 Å². The van der Waals surface area contributed by atoms with Crippen molar-refractivity contribution < 1.29 is 4.42 Å². The van der Waals surface area contributed by atoms with Crippen LogP contribution in [-0.4, -0.2) is 29.9 Å². The number of fused-ring (bicyclic) bond motifs is 4. The van der Waals surface area contributed by atoms with Gasteiger partial charge >= 0.3 is 0 Å². The number of hydrogen-bond acceptors (Lipinski definition) is 7. The second-order valence-corrected chi connectivity index (χ2v) is 11.2. The molecule has 0 N–H and O–H groups in total. The number of rotatable bonds is 5. The zero-order valence-electron chi connectivity index (χ0n) is 24.9. The summed E-state index contributed by atoms with van der Waals surface area (Å²) in [5, 5.41) is 1.93. The van der Waals surface area contributed by atoms with Crippen LogP contribution in [0, 0.1) is 0 Å². The molecule has 220 valence electrons. The molecule has 9 rings (SSSR count). The molecule has 5 aromatic carbocycles. The highest BCUT2D eigenvalue weighted by atomic mass is 16.3. The Balaban J connectivity index is 1.19. The van der Waals surface area contributed by atoms with Crippen molar-refractivity contribution >= 4 is 33.1 Å². The number of para-hydroxylation sites is 1. The summed E-state index contributed by atoms with van der Waals surface area (Å²) in [5.41, 5.74) is 9.25. The van der Waals surface area contributed by atoms with E-state index >= 15 is 0 Å². The van der Waals surface area contributed by atoms with Crippen LogP contribution >= 0.6 is 0 Å². The van der Waals surface area contributed by atoms with Crippen LogP contribution in [0.2, 0.25) is 0 Å². The maximum absolute atomic E-state index is 5.95. The van der Waals surface area contributed by atoms with Crippen molar-refractivity contribution in [2.45, 2.75) is 0 Å². The number of benzene rings is 5. The molecule has 7 heteroatoms. The van der Waals surface area contributed by atoms with E-state index in [2.05, 4.69) is 35.3 Å². The molecular formula is C40H24N6O. The summed E-state index contributed by atoms with van der Waals surface area (Å²) in [6.07, 6.45) is 3.57. The van der Waals surface area contributed by atoms with Crippen molar-refractivity contribution in [1.29, 1.82) is 0 Å². The third-order valence-electron chi connectivity index (χ3n) is 8.22. The number of nitrogens with zero attached hydrogens (tertiary/aromatic N) is 6. The summed E-state index contributed by atoms with van der Waals surface area (Å²) >= 11 is 0. The highest BCUT2D eigenvalue weighted by Gasteiger charge is 2.16. The van der Waals surface area contributed by atoms with Crippen LogP contribution in [0.15, 0.2) is 150 Å². The number of pyridine rings is 1. The molecule has 0 aliphatic carbocycles. The third-order valence-corrected chi connectivity index (χ3v) is 8.22. The summed E-state index contributed by atoms with van der Waals surface area (Å²) in [6.45, 7) is 0. The molecule has 0 unspecified atom stereocenters. The fourth-order valence-electron chi connectivity index (χ4n) is 5.94. The SMILES string of the molecule is c1ccc(-c2nc(-c3ccccc3)nc(-c3cccc(-c4cc(-c5cnc6oc7ccccc7c6n5)c5ncccc5c4)c3)n2)cc1. The van der Waals surface area contributed by atoms with E-state index in [1.54, 1.807) is 12.4 Å². The summed E-state index contributed by atoms with van der Waals surface area (Å²) in [7, 11) is 0. The van der Waals surface area contributed by atoms with Crippen molar-refractivity contribution in [1.82, 2.24) is 29.9 Å². The molecule has 0 aliphatic rings. The van der Waals surface area contributed by atoms with Crippen LogP contribution < -0.4 is 0 Å². The van der Waals surface area contributed by atoms with E-state index in [0.29, 0.717) is 23.2 Å². The first-order chi connectivity index (χ1) is 23.3. The monoisotopic (exact) mass is 604 g/mol. The summed E-state index contributed by atoms with van der Waals surface area (Å²) in [5.74, 6) is 1.85. The molecule has 0 saturated heterocycles. The molecule has 0 fully saturated rings. The average molecular weight is 605 g/mol. The van der Waals surface area contributed by atoms with E-state index in [1.165, 1.54) is 0 Å². The van der Waals surface area contributed by atoms with Gasteiger partial charge in [-0.3, -0.25) is 4.98 Å². The Morgan fingerprint density at radius 1 is 0.447 bits per heavy atom. The fraction of sp³-hybridized carbons (Fsp3) is 0. The van der Waals surface area contributed by atoms with E-state index in [-0.39, 0.29) is 0 Å². The normalized spacial score (nSPS) is 11.4. The van der Waals surface area contributed by atoms with Crippen molar-refractivity contribution in [2.75, 3.05) is 0 Å². The highest BCUT2D eigenvalue weighted by molar-refractivity contribution is 6.03. The molecule has 0 aliphatic heterocycles. The van der Waals surface area contributed by atoms with Crippen molar-refractivity contribution in [3.63, 3.8) is 0 Å².